The van der Waals surface area contributed by atoms with Crippen molar-refractivity contribution in [3.63, 3.8) is 0 Å². The van der Waals surface area contributed by atoms with Gasteiger partial charge in [0, 0.05) is 18.0 Å². The lowest BCUT2D eigenvalue weighted by Gasteiger charge is -2.31. The molecule has 3 rings (SSSR count). The van der Waals surface area contributed by atoms with Crippen molar-refractivity contribution < 1.29 is 16.8 Å². The molecule has 7 nitrogen and oxygen atoms in total. The summed E-state index contributed by atoms with van der Waals surface area (Å²) in [5.74, 6) is 0.627. The van der Waals surface area contributed by atoms with Crippen molar-refractivity contribution in [2.75, 3.05) is 19.6 Å². The van der Waals surface area contributed by atoms with Crippen molar-refractivity contribution in [2.24, 2.45) is 11.1 Å². The summed E-state index contributed by atoms with van der Waals surface area (Å²) in [6.07, 6.45) is 3.87. The lowest BCUT2D eigenvalue weighted by molar-refractivity contribution is 0.360. The first-order valence-electron chi connectivity index (χ1n) is 7.24. The maximum absolute atomic E-state index is 12.7. The van der Waals surface area contributed by atoms with Crippen LogP contribution in [0.15, 0.2) is 27.8 Å². The van der Waals surface area contributed by atoms with Gasteiger partial charge in [0.1, 0.15) is 4.21 Å². The molecule has 23 heavy (non-hydrogen) atoms. The molecule has 1 aliphatic heterocycles. The van der Waals surface area contributed by atoms with Crippen LogP contribution in [0.1, 0.15) is 23.8 Å². The van der Waals surface area contributed by atoms with Crippen molar-refractivity contribution in [1.82, 2.24) is 9.62 Å². The van der Waals surface area contributed by atoms with Crippen LogP contribution in [-0.4, -0.2) is 40.8 Å². The van der Waals surface area contributed by atoms with Gasteiger partial charge in [0.15, 0.2) is 0 Å². The van der Waals surface area contributed by atoms with Crippen molar-refractivity contribution in [3.8, 4) is 0 Å². The monoisotopic (exact) mass is 377 g/mol. The summed E-state index contributed by atoms with van der Waals surface area (Å²) in [4.78, 5) is 0.558. The van der Waals surface area contributed by atoms with Crippen LogP contribution in [-0.2, 0) is 20.0 Å². The first-order valence-corrected chi connectivity index (χ1v) is 11.0. The van der Waals surface area contributed by atoms with Crippen LogP contribution in [0.3, 0.4) is 0 Å². The Morgan fingerprint density at radius 2 is 2.17 bits per heavy atom. The summed E-state index contributed by atoms with van der Waals surface area (Å²) in [7, 11) is -7.66. The smallest absolute Gasteiger partial charge is 0.247 e. The average Bonchev–Trinajstić information content (AvgIpc) is 3.14. The zero-order valence-corrected chi connectivity index (χ0v) is 14.9. The summed E-state index contributed by atoms with van der Waals surface area (Å²) in [6.45, 7) is 4.84. The molecule has 0 radical (unpaired) electrons. The maximum atomic E-state index is 12.7. The number of hydrogen-bond donors (Lipinski definition) is 2. The van der Waals surface area contributed by atoms with Gasteiger partial charge in [0.25, 0.3) is 0 Å². The number of nitrogens with one attached hydrogen (secondary N) is 1. The summed E-state index contributed by atoms with van der Waals surface area (Å²) in [6, 6.07) is 0.945. The van der Waals surface area contributed by atoms with E-state index in [1.807, 2.05) is 0 Å². The van der Waals surface area contributed by atoms with Crippen LogP contribution < -0.4 is 10.5 Å². The molecule has 2 aliphatic rings. The number of thiophene rings is 1. The number of hydrogen-bond acceptors (Lipinski definition) is 6. The Bertz CT molecular complexity index is 825. The molecule has 0 unspecified atom stereocenters. The van der Waals surface area contributed by atoms with Crippen molar-refractivity contribution in [3.05, 3.63) is 23.6 Å². The Labute approximate surface area is 140 Å². The third kappa shape index (κ3) is 3.37. The Balaban J connectivity index is 2.02. The van der Waals surface area contributed by atoms with Gasteiger partial charge in [-0.2, -0.15) is 4.31 Å². The first-order chi connectivity index (χ1) is 10.7. The Kier molecular flexibility index (Phi) is 4.40. The average molecular weight is 378 g/mol. The number of primary sulfonamides is 1. The fourth-order valence-corrected chi connectivity index (χ4v) is 6.63. The highest BCUT2D eigenvalue weighted by Crippen LogP contribution is 2.40. The second kappa shape index (κ2) is 5.94. The zero-order chi connectivity index (χ0) is 16.8. The van der Waals surface area contributed by atoms with Crippen LogP contribution in [0, 0.1) is 5.92 Å². The van der Waals surface area contributed by atoms with Crippen LogP contribution in [0.4, 0.5) is 0 Å². The molecule has 1 aliphatic carbocycles. The largest absolute Gasteiger partial charge is 0.308 e. The highest BCUT2D eigenvalue weighted by Gasteiger charge is 2.39. The highest BCUT2D eigenvalue weighted by molar-refractivity contribution is 7.92. The van der Waals surface area contributed by atoms with E-state index in [0.717, 1.165) is 17.9 Å². The van der Waals surface area contributed by atoms with Crippen LogP contribution in [0.2, 0.25) is 0 Å². The normalized spacial score (nSPS) is 24.3. The zero-order valence-electron chi connectivity index (χ0n) is 12.4. The first kappa shape index (κ1) is 17.1. The summed E-state index contributed by atoms with van der Waals surface area (Å²) >= 11 is 0.938. The third-order valence-electron chi connectivity index (χ3n) is 3.99. The second-order valence-electron chi connectivity index (χ2n) is 5.85. The minimum absolute atomic E-state index is 0.0351. The minimum Gasteiger partial charge on any atom is -0.308 e. The maximum Gasteiger partial charge on any atom is 0.247 e. The number of rotatable bonds is 6. The van der Waals surface area contributed by atoms with E-state index >= 15 is 0 Å². The lowest BCUT2D eigenvalue weighted by atomic mass is 10.2. The van der Waals surface area contributed by atoms with E-state index in [2.05, 4.69) is 11.9 Å². The molecule has 0 aromatic carbocycles. The van der Waals surface area contributed by atoms with Gasteiger partial charge < -0.3 is 5.32 Å². The molecule has 0 bridgehead atoms. The van der Waals surface area contributed by atoms with E-state index in [-0.39, 0.29) is 28.2 Å². The fourth-order valence-electron chi connectivity index (χ4n) is 2.58. The molecule has 3 N–H and O–H groups in total. The molecular formula is C13H19N3O4S3. The molecule has 2 heterocycles. The number of fused-ring (bicyclic) bond motifs is 1. The number of nitrogens with two attached hydrogens (primary N) is 1. The Hall–Kier alpha value is -0.780. The summed E-state index contributed by atoms with van der Waals surface area (Å²) in [5, 5.41) is 8.53. The third-order valence-corrected chi connectivity index (χ3v) is 8.66. The molecule has 128 valence electrons. The van der Waals surface area contributed by atoms with E-state index in [0.29, 0.717) is 10.8 Å². The van der Waals surface area contributed by atoms with E-state index in [9.17, 15) is 16.8 Å². The van der Waals surface area contributed by atoms with E-state index in [4.69, 9.17) is 5.14 Å². The van der Waals surface area contributed by atoms with Gasteiger partial charge >= 0.3 is 0 Å². The molecule has 10 heteroatoms. The second-order valence-corrected chi connectivity index (χ2v) is 10.6. The predicted molar refractivity (Wildman–Crippen MR) is 88.1 cm³/mol. The lowest BCUT2D eigenvalue weighted by Crippen LogP contribution is -2.43. The van der Waals surface area contributed by atoms with Gasteiger partial charge in [-0.05, 0) is 31.4 Å². The topological polar surface area (TPSA) is 110 Å². The van der Waals surface area contributed by atoms with Crippen LogP contribution >= 0.6 is 11.3 Å². The molecule has 1 atom stereocenters. The van der Waals surface area contributed by atoms with Crippen molar-refractivity contribution in [1.29, 1.82) is 0 Å². The molecule has 0 spiro atoms. The standard InChI is InChI=1S/C13H19N3O4S3/c1-2-5-16-8-10(15-7-9-3-4-9)13-11(23(16,19)20)6-12(21-13)22(14,17)18/h2,6,9-10,15H,1,3-5,7-8H2,(H2,14,17,18)/t10-/m1/s1. The molecule has 1 fully saturated rings. The fraction of sp³-hybridized carbons (Fsp3) is 0.538. The summed E-state index contributed by atoms with van der Waals surface area (Å²) in [5.41, 5.74) is 0. The van der Waals surface area contributed by atoms with E-state index in [1.165, 1.54) is 29.3 Å². The molecular weight excluding hydrogens is 358 g/mol. The number of sulfonamides is 2. The van der Waals surface area contributed by atoms with Gasteiger partial charge in [-0.15, -0.1) is 17.9 Å². The van der Waals surface area contributed by atoms with E-state index < -0.39 is 20.0 Å². The predicted octanol–water partition coefficient (Wildman–Crippen LogP) is 0.627. The van der Waals surface area contributed by atoms with Gasteiger partial charge in [-0.25, -0.2) is 22.0 Å². The molecule has 1 aromatic rings. The van der Waals surface area contributed by atoms with Gasteiger partial charge in [0.05, 0.1) is 10.9 Å². The van der Waals surface area contributed by atoms with Crippen LogP contribution in [0.5, 0.6) is 0 Å². The minimum atomic E-state index is -3.93. The Morgan fingerprint density at radius 1 is 1.48 bits per heavy atom. The van der Waals surface area contributed by atoms with Crippen molar-refractivity contribution >= 4 is 31.4 Å². The van der Waals surface area contributed by atoms with Gasteiger partial charge in [0.2, 0.25) is 20.0 Å². The highest BCUT2D eigenvalue weighted by atomic mass is 32.2. The molecule has 1 aromatic heterocycles. The Morgan fingerprint density at radius 3 is 2.74 bits per heavy atom. The molecule has 0 amide bonds. The van der Waals surface area contributed by atoms with Gasteiger partial charge in [-0.1, -0.05) is 6.08 Å². The van der Waals surface area contributed by atoms with Crippen LogP contribution in [0.25, 0.3) is 0 Å². The van der Waals surface area contributed by atoms with Crippen molar-refractivity contribution in [2.45, 2.75) is 28.0 Å². The van der Waals surface area contributed by atoms with E-state index in [1.54, 1.807) is 0 Å². The van der Waals surface area contributed by atoms with Gasteiger partial charge in [-0.3, -0.25) is 0 Å². The molecule has 1 saturated carbocycles. The quantitative estimate of drug-likeness (QED) is 0.707. The summed E-state index contributed by atoms with van der Waals surface area (Å²) < 4.78 is 49.7. The number of nitrogens with zero attached hydrogens (tertiary/aromatic N) is 1. The molecule has 0 saturated heterocycles. The SMILES string of the molecule is C=CCN1C[C@@H](NCC2CC2)c2sc(S(N)(=O)=O)cc2S1(=O)=O.